The van der Waals surface area contributed by atoms with Crippen LogP contribution >= 0.6 is 44.1 Å². The van der Waals surface area contributed by atoms with Crippen LogP contribution in [0.1, 0.15) is 24.6 Å². The molecular formula is C14H14Br2N2S. The molecule has 0 aliphatic rings. The van der Waals surface area contributed by atoms with Crippen molar-refractivity contribution < 1.29 is 0 Å². The lowest BCUT2D eigenvalue weighted by molar-refractivity contribution is 0.865. The SMILES string of the molecule is CCCc1[nH]c(-c2ccc(C)c(Br)c2)nc(=S)c1Br. The van der Waals surface area contributed by atoms with E-state index in [0.717, 1.165) is 38.9 Å². The molecule has 0 aliphatic carbocycles. The van der Waals surface area contributed by atoms with Crippen molar-refractivity contribution in [2.45, 2.75) is 26.7 Å². The average molecular weight is 402 g/mol. The first kappa shape index (κ1) is 14.9. The van der Waals surface area contributed by atoms with Crippen molar-refractivity contribution in [2.24, 2.45) is 0 Å². The molecule has 0 radical (unpaired) electrons. The topological polar surface area (TPSA) is 28.7 Å². The molecule has 0 unspecified atom stereocenters. The van der Waals surface area contributed by atoms with E-state index in [1.165, 1.54) is 5.56 Å². The molecule has 0 amide bonds. The normalized spacial score (nSPS) is 10.7. The van der Waals surface area contributed by atoms with Gasteiger partial charge in [0, 0.05) is 15.7 Å². The Morgan fingerprint density at radius 2 is 2.05 bits per heavy atom. The van der Waals surface area contributed by atoms with Gasteiger partial charge in [-0.2, -0.15) is 0 Å². The summed E-state index contributed by atoms with van der Waals surface area (Å²) in [6, 6.07) is 6.18. The van der Waals surface area contributed by atoms with E-state index in [1.807, 2.05) is 0 Å². The number of nitrogens with zero attached hydrogens (tertiary/aromatic N) is 1. The Kier molecular flexibility index (Phi) is 4.92. The van der Waals surface area contributed by atoms with Crippen molar-refractivity contribution in [3.63, 3.8) is 0 Å². The zero-order valence-electron chi connectivity index (χ0n) is 10.8. The predicted octanol–water partition coefficient (Wildman–Crippen LogP) is 5.59. The van der Waals surface area contributed by atoms with E-state index in [2.05, 4.69) is 73.9 Å². The molecule has 0 saturated carbocycles. The van der Waals surface area contributed by atoms with Crippen LogP contribution in [0, 0.1) is 11.6 Å². The zero-order valence-corrected chi connectivity index (χ0v) is 14.7. The lowest BCUT2D eigenvalue weighted by Gasteiger charge is -2.09. The van der Waals surface area contributed by atoms with E-state index >= 15 is 0 Å². The average Bonchev–Trinajstić information content (AvgIpc) is 2.38. The molecule has 2 rings (SSSR count). The largest absolute Gasteiger partial charge is 0.342 e. The molecule has 0 bridgehead atoms. The van der Waals surface area contributed by atoms with Gasteiger partial charge in [0.1, 0.15) is 10.5 Å². The molecule has 0 spiro atoms. The highest BCUT2D eigenvalue weighted by atomic mass is 79.9. The van der Waals surface area contributed by atoms with Crippen molar-refractivity contribution in [3.8, 4) is 11.4 Å². The standard InChI is InChI=1S/C14H14Br2N2S/c1-3-4-11-12(16)14(19)18-13(17-11)9-6-5-8(2)10(15)7-9/h5-7H,3-4H2,1-2H3,(H,17,18,19). The summed E-state index contributed by atoms with van der Waals surface area (Å²) < 4.78 is 2.58. The maximum absolute atomic E-state index is 5.31. The first-order chi connectivity index (χ1) is 9.02. The van der Waals surface area contributed by atoms with Crippen LogP contribution in [0.15, 0.2) is 27.1 Å². The van der Waals surface area contributed by atoms with Gasteiger partial charge >= 0.3 is 0 Å². The molecule has 2 aromatic rings. The van der Waals surface area contributed by atoms with Crippen LogP contribution in [0.3, 0.4) is 0 Å². The molecule has 0 fully saturated rings. The third-order valence-electron chi connectivity index (χ3n) is 2.88. The number of H-pyrrole nitrogens is 1. The molecule has 5 heteroatoms. The third-order valence-corrected chi connectivity index (χ3v) is 5.15. The lowest BCUT2D eigenvalue weighted by Crippen LogP contribution is -1.98. The summed E-state index contributed by atoms with van der Waals surface area (Å²) in [5.41, 5.74) is 3.34. The van der Waals surface area contributed by atoms with Gasteiger partial charge in [-0.15, -0.1) is 0 Å². The molecule has 100 valence electrons. The van der Waals surface area contributed by atoms with Crippen molar-refractivity contribution >= 4 is 44.1 Å². The first-order valence-electron chi connectivity index (χ1n) is 6.08. The van der Waals surface area contributed by atoms with E-state index in [9.17, 15) is 0 Å². The van der Waals surface area contributed by atoms with Gasteiger partial charge in [-0.25, -0.2) is 4.98 Å². The fraction of sp³-hybridized carbons (Fsp3) is 0.286. The minimum Gasteiger partial charge on any atom is -0.342 e. The summed E-state index contributed by atoms with van der Waals surface area (Å²) in [6.45, 7) is 4.21. The lowest BCUT2D eigenvalue weighted by atomic mass is 10.1. The third kappa shape index (κ3) is 3.33. The smallest absolute Gasteiger partial charge is 0.144 e. The number of hydrogen-bond acceptors (Lipinski definition) is 2. The van der Waals surface area contributed by atoms with E-state index in [0.29, 0.717) is 4.64 Å². The second-order valence-electron chi connectivity index (χ2n) is 4.40. The number of halogens is 2. The fourth-order valence-corrected chi connectivity index (χ4v) is 2.78. The van der Waals surface area contributed by atoms with E-state index in [4.69, 9.17) is 12.2 Å². The molecule has 19 heavy (non-hydrogen) atoms. The number of benzene rings is 1. The molecule has 0 aliphatic heterocycles. The van der Waals surface area contributed by atoms with Gasteiger partial charge < -0.3 is 4.98 Å². The Hall–Kier alpha value is -0.520. The van der Waals surface area contributed by atoms with Gasteiger partial charge in [-0.1, -0.05) is 53.6 Å². The second-order valence-corrected chi connectivity index (χ2v) is 6.43. The van der Waals surface area contributed by atoms with Crippen LogP contribution in [0.2, 0.25) is 0 Å². The summed E-state index contributed by atoms with van der Waals surface area (Å²) in [6.07, 6.45) is 2.01. The zero-order chi connectivity index (χ0) is 14.0. The summed E-state index contributed by atoms with van der Waals surface area (Å²) in [5, 5.41) is 0. The minimum atomic E-state index is 0.605. The summed E-state index contributed by atoms with van der Waals surface area (Å²) in [4.78, 5) is 7.82. The molecule has 1 heterocycles. The Balaban J connectivity index is 2.56. The van der Waals surface area contributed by atoms with Gasteiger partial charge in [0.05, 0.1) is 4.47 Å². The van der Waals surface area contributed by atoms with Crippen LogP contribution in [-0.4, -0.2) is 9.97 Å². The second kappa shape index (κ2) is 6.29. The molecule has 1 aromatic carbocycles. The van der Waals surface area contributed by atoms with Crippen molar-refractivity contribution in [2.75, 3.05) is 0 Å². The summed E-state index contributed by atoms with van der Waals surface area (Å²) in [7, 11) is 0. The number of aromatic nitrogens is 2. The number of rotatable bonds is 3. The molecule has 1 aromatic heterocycles. The highest BCUT2D eigenvalue weighted by molar-refractivity contribution is 9.10. The van der Waals surface area contributed by atoms with Gasteiger partial charge in [0.25, 0.3) is 0 Å². The maximum atomic E-state index is 5.31. The van der Waals surface area contributed by atoms with Crippen LogP contribution in [-0.2, 0) is 6.42 Å². The summed E-state index contributed by atoms with van der Waals surface area (Å²) in [5.74, 6) is 0.817. The fourth-order valence-electron chi connectivity index (χ4n) is 1.80. The monoisotopic (exact) mass is 400 g/mol. The number of nitrogens with one attached hydrogen (secondary N) is 1. The number of aromatic amines is 1. The number of hydrogen-bond donors (Lipinski definition) is 1. The quantitative estimate of drug-likeness (QED) is 0.678. The Bertz CT molecular complexity index is 665. The van der Waals surface area contributed by atoms with Crippen LogP contribution in [0.25, 0.3) is 11.4 Å². The Labute approximate surface area is 134 Å². The molecule has 1 N–H and O–H groups in total. The van der Waals surface area contributed by atoms with Crippen molar-refractivity contribution in [3.05, 3.63) is 43.0 Å². The summed E-state index contributed by atoms with van der Waals surface area (Å²) >= 11 is 12.4. The maximum Gasteiger partial charge on any atom is 0.144 e. The van der Waals surface area contributed by atoms with Crippen LogP contribution < -0.4 is 0 Å². The van der Waals surface area contributed by atoms with E-state index in [1.54, 1.807) is 0 Å². The highest BCUT2D eigenvalue weighted by Gasteiger charge is 2.08. The van der Waals surface area contributed by atoms with Gasteiger partial charge in [0.15, 0.2) is 0 Å². The van der Waals surface area contributed by atoms with Gasteiger partial charge in [0.2, 0.25) is 0 Å². The van der Waals surface area contributed by atoms with Crippen LogP contribution in [0.4, 0.5) is 0 Å². The first-order valence-corrected chi connectivity index (χ1v) is 8.07. The Morgan fingerprint density at radius 3 is 2.68 bits per heavy atom. The van der Waals surface area contributed by atoms with Crippen molar-refractivity contribution in [1.29, 1.82) is 0 Å². The van der Waals surface area contributed by atoms with E-state index < -0.39 is 0 Å². The molecule has 2 nitrogen and oxygen atoms in total. The minimum absolute atomic E-state index is 0.605. The van der Waals surface area contributed by atoms with Crippen LogP contribution in [0.5, 0.6) is 0 Å². The van der Waals surface area contributed by atoms with Crippen molar-refractivity contribution in [1.82, 2.24) is 9.97 Å². The predicted molar refractivity (Wildman–Crippen MR) is 89.0 cm³/mol. The van der Waals surface area contributed by atoms with E-state index in [-0.39, 0.29) is 0 Å². The highest BCUT2D eigenvalue weighted by Crippen LogP contribution is 2.26. The molecule has 0 saturated heterocycles. The molecule has 0 atom stereocenters. The Morgan fingerprint density at radius 1 is 1.32 bits per heavy atom. The number of aryl methyl sites for hydroxylation is 2. The van der Waals surface area contributed by atoms with Gasteiger partial charge in [-0.3, -0.25) is 0 Å². The molecular weight excluding hydrogens is 388 g/mol. The van der Waals surface area contributed by atoms with Gasteiger partial charge in [-0.05, 0) is 40.9 Å².